The standard InChI is InChI=1S/C22H24N6O2/c1-3-21(30)25-16-12-17-18(14-24-22(17)23-13-16)19-6-4-7-20(26-19)28-9-5-8-27(10-11-28)15(2)29/h3-4,6-7,12-14H,1,5,8-11H2,2H3,(H,23,24)(H,25,30). The number of fused-ring (bicyclic) bond motifs is 1. The summed E-state index contributed by atoms with van der Waals surface area (Å²) in [6.45, 7) is 8.17. The predicted molar refractivity (Wildman–Crippen MR) is 117 cm³/mol. The van der Waals surface area contributed by atoms with Crippen molar-refractivity contribution in [2.24, 2.45) is 0 Å². The van der Waals surface area contributed by atoms with Gasteiger partial charge in [0.25, 0.3) is 0 Å². The first-order valence-corrected chi connectivity index (χ1v) is 9.93. The fraction of sp³-hybridized carbons (Fsp3) is 0.273. The van der Waals surface area contributed by atoms with E-state index in [2.05, 4.69) is 26.8 Å². The Morgan fingerprint density at radius 1 is 1.23 bits per heavy atom. The van der Waals surface area contributed by atoms with Crippen LogP contribution in [0.3, 0.4) is 0 Å². The van der Waals surface area contributed by atoms with Crippen LogP contribution in [0.15, 0.2) is 49.3 Å². The van der Waals surface area contributed by atoms with E-state index in [0.717, 1.165) is 54.2 Å². The van der Waals surface area contributed by atoms with Gasteiger partial charge in [-0.15, -0.1) is 0 Å². The van der Waals surface area contributed by atoms with Gasteiger partial charge < -0.3 is 20.1 Å². The summed E-state index contributed by atoms with van der Waals surface area (Å²) in [6, 6.07) is 7.82. The van der Waals surface area contributed by atoms with Crippen molar-refractivity contribution in [3.63, 3.8) is 0 Å². The molecule has 0 aromatic carbocycles. The van der Waals surface area contributed by atoms with Crippen LogP contribution in [-0.2, 0) is 9.59 Å². The monoisotopic (exact) mass is 404 g/mol. The lowest BCUT2D eigenvalue weighted by Crippen LogP contribution is -2.33. The zero-order chi connectivity index (χ0) is 21.1. The maximum absolute atomic E-state index is 11.7. The van der Waals surface area contributed by atoms with Crippen LogP contribution in [0.25, 0.3) is 22.3 Å². The molecule has 8 nitrogen and oxygen atoms in total. The molecule has 2 amide bonds. The highest BCUT2D eigenvalue weighted by Gasteiger charge is 2.18. The van der Waals surface area contributed by atoms with E-state index in [9.17, 15) is 9.59 Å². The summed E-state index contributed by atoms with van der Waals surface area (Å²) in [7, 11) is 0. The summed E-state index contributed by atoms with van der Waals surface area (Å²) in [5.41, 5.74) is 3.05. The van der Waals surface area contributed by atoms with E-state index in [1.807, 2.05) is 35.4 Å². The normalized spacial score (nSPS) is 14.4. The van der Waals surface area contributed by atoms with Gasteiger partial charge in [-0.2, -0.15) is 0 Å². The van der Waals surface area contributed by atoms with E-state index in [4.69, 9.17) is 4.98 Å². The molecule has 0 aliphatic carbocycles. The Hall–Kier alpha value is -3.68. The number of amides is 2. The summed E-state index contributed by atoms with van der Waals surface area (Å²) in [4.78, 5) is 39.8. The highest BCUT2D eigenvalue weighted by atomic mass is 16.2. The van der Waals surface area contributed by atoms with E-state index < -0.39 is 0 Å². The molecular weight excluding hydrogens is 380 g/mol. The molecule has 1 aliphatic heterocycles. The van der Waals surface area contributed by atoms with Crippen LogP contribution in [0.1, 0.15) is 13.3 Å². The smallest absolute Gasteiger partial charge is 0.247 e. The largest absolute Gasteiger partial charge is 0.355 e. The number of nitrogens with zero attached hydrogens (tertiary/aromatic N) is 4. The molecule has 3 aromatic rings. The third kappa shape index (κ3) is 4.03. The number of anilines is 2. The van der Waals surface area contributed by atoms with Crippen LogP contribution in [-0.4, -0.2) is 57.8 Å². The van der Waals surface area contributed by atoms with Crippen molar-refractivity contribution >= 4 is 34.4 Å². The van der Waals surface area contributed by atoms with Crippen LogP contribution >= 0.6 is 0 Å². The van der Waals surface area contributed by atoms with Gasteiger partial charge in [-0.3, -0.25) is 9.59 Å². The minimum absolute atomic E-state index is 0.115. The van der Waals surface area contributed by atoms with Crippen molar-refractivity contribution in [3.05, 3.63) is 49.3 Å². The third-order valence-corrected chi connectivity index (χ3v) is 5.26. The zero-order valence-corrected chi connectivity index (χ0v) is 16.9. The maximum atomic E-state index is 11.7. The van der Waals surface area contributed by atoms with Crippen molar-refractivity contribution in [1.82, 2.24) is 19.9 Å². The van der Waals surface area contributed by atoms with E-state index in [1.54, 1.807) is 13.1 Å². The van der Waals surface area contributed by atoms with Crippen molar-refractivity contribution in [2.75, 3.05) is 36.4 Å². The van der Waals surface area contributed by atoms with E-state index >= 15 is 0 Å². The molecule has 0 bridgehead atoms. The molecule has 154 valence electrons. The van der Waals surface area contributed by atoms with Crippen molar-refractivity contribution in [1.29, 1.82) is 0 Å². The lowest BCUT2D eigenvalue weighted by molar-refractivity contribution is -0.128. The topological polar surface area (TPSA) is 94.2 Å². The quantitative estimate of drug-likeness (QED) is 0.652. The number of nitrogens with one attached hydrogen (secondary N) is 2. The van der Waals surface area contributed by atoms with Crippen LogP contribution in [0.5, 0.6) is 0 Å². The lowest BCUT2D eigenvalue weighted by Gasteiger charge is -2.22. The first-order chi connectivity index (χ1) is 14.5. The fourth-order valence-corrected chi connectivity index (χ4v) is 3.69. The molecule has 4 rings (SSSR count). The van der Waals surface area contributed by atoms with Crippen LogP contribution in [0.2, 0.25) is 0 Å². The molecule has 2 N–H and O–H groups in total. The highest BCUT2D eigenvalue weighted by Crippen LogP contribution is 2.29. The van der Waals surface area contributed by atoms with Gasteiger partial charge in [0.2, 0.25) is 11.8 Å². The second kappa shape index (κ2) is 8.36. The number of carbonyl (C=O) groups is 2. The number of hydrogen-bond acceptors (Lipinski definition) is 5. The Kier molecular flexibility index (Phi) is 5.47. The number of hydrogen-bond donors (Lipinski definition) is 2. The number of H-pyrrole nitrogens is 1. The number of aromatic nitrogens is 3. The average Bonchev–Trinajstić information content (AvgIpc) is 3.00. The van der Waals surface area contributed by atoms with Crippen LogP contribution < -0.4 is 10.2 Å². The Bertz CT molecular complexity index is 1110. The Labute approximate surface area is 174 Å². The van der Waals surface area contributed by atoms with Gasteiger partial charge >= 0.3 is 0 Å². The predicted octanol–water partition coefficient (Wildman–Crippen LogP) is 2.81. The molecule has 0 spiro atoms. The minimum atomic E-state index is -0.283. The highest BCUT2D eigenvalue weighted by molar-refractivity contribution is 6.01. The Balaban J connectivity index is 1.63. The molecule has 1 aliphatic rings. The van der Waals surface area contributed by atoms with Gasteiger partial charge in [-0.1, -0.05) is 12.6 Å². The van der Waals surface area contributed by atoms with Crippen molar-refractivity contribution in [2.45, 2.75) is 13.3 Å². The Morgan fingerprint density at radius 3 is 2.90 bits per heavy atom. The molecular formula is C22H24N6O2. The Morgan fingerprint density at radius 2 is 2.10 bits per heavy atom. The molecule has 0 atom stereocenters. The van der Waals surface area contributed by atoms with Crippen molar-refractivity contribution in [3.8, 4) is 11.3 Å². The lowest BCUT2D eigenvalue weighted by atomic mass is 10.1. The summed E-state index contributed by atoms with van der Waals surface area (Å²) in [5.74, 6) is 0.717. The molecule has 8 heteroatoms. The summed E-state index contributed by atoms with van der Waals surface area (Å²) >= 11 is 0. The summed E-state index contributed by atoms with van der Waals surface area (Å²) < 4.78 is 0. The SMILES string of the molecule is C=CC(=O)Nc1cnc2[nH]cc(-c3cccc(N4CCCN(C(C)=O)CC4)n3)c2c1. The van der Waals surface area contributed by atoms with Crippen molar-refractivity contribution < 1.29 is 9.59 Å². The second-order valence-corrected chi connectivity index (χ2v) is 7.24. The van der Waals surface area contributed by atoms with Gasteiger partial charge in [0.15, 0.2) is 0 Å². The molecule has 4 heterocycles. The molecule has 0 radical (unpaired) electrons. The van der Waals surface area contributed by atoms with Crippen LogP contribution in [0, 0.1) is 0 Å². The fourth-order valence-electron chi connectivity index (χ4n) is 3.69. The van der Waals surface area contributed by atoms with E-state index in [-0.39, 0.29) is 11.8 Å². The van der Waals surface area contributed by atoms with E-state index in [1.165, 1.54) is 6.08 Å². The first kappa shape index (κ1) is 19.6. The summed E-state index contributed by atoms with van der Waals surface area (Å²) in [6.07, 6.45) is 5.62. The van der Waals surface area contributed by atoms with Gasteiger partial charge in [-0.25, -0.2) is 9.97 Å². The third-order valence-electron chi connectivity index (χ3n) is 5.26. The minimum Gasteiger partial charge on any atom is -0.355 e. The molecule has 30 heavy (non-hydrogen) atoms. The number of aromatic amines is 1. The molecule has 1 fully saturated rings. The van der Waals surface area contributed by atoms with Gasteiger partial charge in [0.1, 0.15) is 11.5 Å². The maximum Gasteiger partial charge on any atom is 0.247 e. The first-order valence-electron chi connectivity index (χ1n) is 9.93. The number of carbonyl (C=O) groups excluding carboxylic acids is 2. The zero-order valence-electron chi connectivity index (χ0n) is 16.9. The molecule has 0 unspecified atom stereocenters. The van der Waals surface area contributed by atoms with Gasteiger partial charge in [-0.05, 0) is 30.7 Å². The number of pyridine rings is 2. The van der Waals surface area contributed by atoms with Crippen LogP contribution in [0.4, 0.5) is 11.5 Å². The molecule has 3 aromatic heterocycles. The number of rotatable bonds is 4. The summed E-state index contributed by atoms with van der Waals surface area (Å²) in [5, 5.41) is 3.62. The average molecular weight is 404 g/mol. The van der Waals surface area contributed by atoms with E-state index in [0.29, 0.717) is 12.2 Å². The molecule has 0 saturated carbocycles. The van der Waals surface area contributed by atoms with Gasteiger partial charge in [0.05, 0.1) is 17.6 Å². The van der Waals surface area contributed by atoms with Gasteiger partial charge in [0, 0.05) is 50.2 Å². The second-order valence-electron chi connectivity index (χ2n) is 7.24. The molecule has 1 saturated heterocycles.